The van der Waals surface area contributed by atoms with Gasteiger partial charge in [0.15, 0.2) is 0 Å². The Morgan fingerprint density at radius 2 is 2.31 bits per heavy atom. The molecule has 0 bridgehead atoms. The molecule has 0 fully saturated rings. The Kier molecular flexibility index (Phi) is 3.06. The number of benzene rings is 1. The molecule has 0 radical (unpaired) electrons. The summed E-state index contributed by atoms with van der Waals surface area (Å²) < 4.78 is 5.37. The van der Waals surface area contributed by atoms with Crippen molar-refractivity contribution in [2.75, 3.05) is 18.6 Å². The molecule has 1 aromatic carbocycles. The van der Waals surface area contributed by atoms with Crippen molar-refractivity contribution in [2.24, 2.45) is 0 Å². The summed E-state index contributed by atoms with van der Waals surface area (Å²) in [6.45, 7) is 4.88. The summed E-state index contributed by atoms with van der Waals surface area (Å²) in [4.78, 5) is 2.25. The monoisotopic (exact) mass is 221 g/mol. The maximum absolute atomic E-state index is 9.81. The van der Waals surface area contributed by atoms with Gasteiger partial charge in [-0.2, -0.15) is 0 Å². The average Bonchev–Trinajstić information content (AvgIpc) is 2.67. The standard InChI is InChI=1S/C13H19NO2/c1-4-14-11-6-5-7-13(16-3)10(11)8-12(14)9(2)15/h5-7,9,12,15H,4,8H2,1-3H3. The third-order valence-corrected chi connectivity index (χ3v) is 3.35. The summed E-state index contributed by atoms with van der Waals surface area (Å²) in [7, 11) is 1.70. The van der Waals surface area contributed by atoms with Crippen LogP contribution in [0.15, 0.2) is 18.2 Å². The molecule has 1 aliphatic rings. The molecule has 1 aliphatic heterocycles. The first kappa shape index (κ1) is 11.3. The summed E-state index contributed by atoms with van der Waals surface area (Å²) in [5.74, 6) is 0.930. The highest BCUT2D eigenvalue weighted by Crippen LogP contribution is 2.38. The van der Waals surface area contributed by atoms with Crippen molar-refractivity contribution in [1.82, 2.24) is 0 Å². The van der Waals surface area contributed by atoms with E-state index in [9.17, 15) is 5.11 Å². The molecule has 0 aromatic heterocycles. The minimum atomic E-state index is -0.322. The molecule has 3 nitrogen and oxygen atoms in total. The Labute approximate surface area is 96.6 Å². The Morgan fingerprint density at radius 3 is 2.88 bits per heavy atom. The molecule has 0 amide bonds. The molecule has 2 rings (SSSR count). The van der Waals surface area contributed by atoms with Gasteiger partial charge >= 0.3 is 0 Å². The van der Waals surface area contributed by atoms with Gasteiger partial charge in [0.05, 0.1) is 19.3 Å². The van der Waals surface area contributed by atoms with E-state index < -0.39 is 0 Å². The van der Waals surface area contributed by atoms with Gasteiger partial charge < -0.3 is 14.7 Å². The van der Waals surface area contributed by atoms with Crippen LogP contribution in [-0.4, -0.2) is 30.9 Å². The number of aliphatic hydroxyl groups is 1. The molecule has 0 spiro atoms. The van der Waals surface area contributed by atoms with Gasteiger partial charge in [-0.1, -0.05) is 6.07 Å². The van der Waals surface area contributed by atoms with Crippen LogP contribution in [0.25, 0.3) is 0 Å². The van der Waals surface area contributed by atoms with Crippen molar-refractivity contribution in [3.05, 3.63) is 23.8 Å². The number of likely N-dealkylation sites (N-methyl/N-ethyl adjacent to an activating group) is 1. The molecular formula is C13H19NO2. The van der Waals surface area contributed by atoms with Crippen molar-refractivity contribution in [3.63, 3.8) is 0 Å². The zero-order valence-electron chi connectivity index (χ0n) is 10.1. The molecule has 1 aromatic rings. The maximum Gasteiger partial charge on any atom is 0.124 e. The second-order valence-corrected chi connectivity index (χ2v) is 4.26. The van der Waals surface area contributed by atoms with Crippen LogP contribution in [0.5, 0.6) is 5.75 Å². The summed E-state index contributed by atoms with van der Waals surface area (Å²) >= 11 is 0. The number of methoxy groups -OCH3 is 1. The summed E-state index contributed by atoms with van der Waals surface area (Å²) in [6.07, 6.45) is 0.544. The van der Waals surface area contributed by atoms with Crippen LogP contribution in [0.2, 0.25) is 0 Å². The quantitative estimate of drug-likeness (QED) is 0.845. The molecule has 0 saturated heterocycles. The summed E-state index contributed by atoms with van der Waals surface area (Å²) in [6, 6.07) is 6.27. The van der Waals surface area contributed by atoms with Crippen molar-refractivity contribution in [1.29, 1.82) is 0 Å². The van der Waals surface area contributed by atoms with Crippen LogP contribution < -0.4 is 9.64 Å². The number of ether oxygens (including phenoxy) is 1. The lowest BCUT2D eigenvalue weighted by molar-refractivity contribution is 0.162. The van der Waals surface area contributed by atoms with Crippen LogP contribution in [0.1, 0.15) is 19.4 Å². The lowest BCUT2D eigenvalue weighted by Gasteiger charge is -2.28. The van der Waals surface area contributed by atoms with Gasteiger partial charge in [0.1, 0.15) is 5.75 Å². The zero-order chi connectivity index (χ0) is 11.7. The Hall–Kier alpha value is -1.22. The van der Waals surface area contributed by atoms with Crippen LogP contribution in [0.4, 0.5) is 5.69 Å². The fourth-order valence-corrected chi connectivity index (χ4v) is 2.55. The fraction of sp³-hybridized carbons (Fsp3) is 0.538. The Bertz CT molecular complexity index is 376. The molecule has 2 unspecified atom stereocenters. The van der Waals surface area contributed by atoms with Crippen molar-refractivity contribution >= 4 is 5.69 Å². The molecule has 3 heteroatoms. The predicted octanol–water partition coefficient (Wildman–Crippen LogP) is 1.83. The highest BCUT2D eigenvalue weighted by Gasteiger charge is 2.33. The highest BCUT2D eigenvalue weighted by atomic mass is 16.5. The van der Waals surface area contributed by atoms with Crippen molar-refractivity contribution in [2.45, 2.75) is 32.4 Å². The van der Waals surface area contributed by atoms with Gasteiger partial charge in [0.2, 0.25) is 0 Å². The van der Waals surface area contributed by atoms with Crippen LogP contribution in [-0.2, 0) is 6.42 Å². The van der Waals surface area contributed by atoms with E-state index in [1.54, 1.807) is 7.11 Å². The molecular weight excluding hydrogens is 202 g/mol. The molecule has 16 heavy (non-hydrogen) atoms. The topological polar surface area (TPSA) is 32.7 Å². The number of rotatable bonds is 3. The van der Waals surface area contributed by atoms with E-state index in [0.717, 1.165) is 18.7 Å². The molecule has 88 valence electrons. The average molecular weight is 221 g/mol. The zero-order valence-corrected chi connectivity index (χ0v) is 10.1. The lowest BCUT2D eigenvalue weighted by Crippen LogP contribution is -2.39. The lowest BCUT2D eigenvalue weighted by atomic mass is 10.1. The third kappa shape index (κ3) is 1.65. The molecule has 0 aliphatic carbocycles. The fourth-order valence-electron chi connectivity index (χ4n) is 2.55. The molecule has 1 heterocycles. The first-order valence-corrected chi connectivity index (χ1v) is 5.79. The smallest absolute Gasteiger partial charge is 0.124 e. The van der Waals surface area contributed by atoms with Crippen LogP contribution in [0, 0.1) is 0 Å². The highest BCUT2D eigenvalue weighted by molar-refractivity contribution is 5.64. The van der Waals surface area contributed by atoms with E-state index in [4.69, 9.17) is 4.74 Å². The van der Waals surface area contributed by atoms with E-state index in [1.807, 2.05) is 19.1 Å². The van der Waals surface area contributed by atoms with E-state index >= 15 is 0 Å². The maximum atomic E-state index is 9.81. The number of hydrogen-bond donors (Lipinski definition) is 1. The number of aliphatic hydroxyl groups excluding tert-OH is 1. The van der Waals surface area contributed by atoms with Crippen molar-refractivity contribution < 1.29 is 9.84 Å². The van der Waals surface area contributed by atoms with Gasteiger partial charge in [-0.3, -0.25) is 0 Å². The molecule has 1 N–H and O–H groups in total. The predicted molar refractivity (Wildman–Crippen MR) is 65.2 cm³/mol. The summed E-state index contributed by atoms with van der Waals surface area (Å²) in [5, 5.41) is 9.81. The Morgan fingerprint density at radius 1 is 1.56 bits per heavy atom. The summed E-state index contributed by atoms with van der Waals surface area (Å²) in [5.41, 5.74) is 2.42. The van der Waals surface area contributed by atoms with Gasteiger partial charge in [-0.15, -0.1) is 0 Å². The number of nitrogens with zero attached hydrogens (tertiary/aromatic N) is 1. The number of fused-ring (bicyclic) bond motifs is 1. The molecule has 2 atom stereocenters. The van der Waals surface area contributed by atoms with Gasteiger partial charge in [0, 0.05) is 24.2 Å². The minimum absolute atomic E-state index is 0.177. The largest absolute Gasteiger partial charge is 0.496 e. The van der Waals surface area contributed by atoms with Gasteiger partial charge in [-0.05, 0) is 26.0 Å². The van der Waals surface area contributed by atoms with Crippen LogP contribution in [0.3, 0.4) is 0 Å². The number of hydrogen-bond acceptors (Lipinski definition) is 3. The van der Waals surface area contributed by atoms with E-state index in [0.29, 0.717) is 0 Å². The SMILES string of the molecule is CCN1c2cccc(OC)c2CC1C(C)O. The van der Waals surface area contributed by atoms with E-state index in [1.165, 1.54) is 11.3 Å². The molecule has 0 saturated carbocycles. The third-order valence-electron chi connectivity index (χ3n) is 3.35. The van der Waals surface area contributed by atoms with E-state index in [-0.39, 0.29) is 12.1 Å². The van der Waals surface area contributed by atoms with Gasteiger partial charge in [0.25, 0.3) is 0 Å². The first-order chi connectivity index (χ1) is 7.69. The minimum Gasteiger partial charge on any atom is -0.496 e. The van der Waals surface area contributed by atoms with Crippen LogP contribution >= 0.6 is 0 Å². The number of anilines is 1. The second-order valence-electron chi connectivity index (χ2n) is 4.26. The second kappa shape index (κ2) is 4.34. The normalized spacial score (nSPS) is 20.8. The van der Waals surface area contributed by atoms with Crippen molar-refractivity contribution in [3.8, 4) is 5.75 Å². The van der Waals surface area contributed by atoms with Gasteiger partial charge in [-0.25, -0.2) is 0 Å². The Balaban J connectivity index is 2.41. The van der Waals surface area contributed by atoms with E-state index in [2.05, 4.69) is 17.9 Å². The first-order valence-electron chi connectivity index (χ1n) is 5.79.